The summed E-state index contributed by atoms with van der Waals surface area (Å²) in [5, 5.41) is 11.0. The lowest BCUT2D eigenvalue weighted by Crippen LogP contribution is -2.28. The quantitative estimate of drug-likeness (QED) is 0.285. The molecule has 7 rings (SSSR count). The third kappa shape index (κ3) is 3.78. The Morgan fingerprint density at radius 3 is 2.63 bits per heavy atom. The molecule has 0 saturated heterocycles. The van der Waals surface area contributed by atoms with Crippen molar-refractivity contribution < 1.29 is 9.18 Å². The van der Waals surface area contributed by atoms with Crippen molar-refractivity contribution in [3.8, 4) is 33.9 Å². The molecule has 0 radical (unpaired) electrons. The number of hydrogen-bond acceptors (Lipinski definition) is 6. The Morgan fingerprint density at radius 2 is 1.82 bits per heavy atom. The molecule has 1 aliphatic carbocycles. The number of imidazole rings is 1. The third-order valence-electron chi connectivity index (χ3n) is 7.02. The molecule has 0 atom stereocenters. The molecular formula is C28H21FN8O. The normalized spacial score (nSPS) is 13.6. The summed E-state index contributed by atoms with van der Waals surface area (Å²) >= 11 is 0. The van der Waals surface area contributed by atoms with E-state index in [0.29, 0.717) is 44.8 Å². The Kier molecular flexibility index (Phi) is 5.17. The highest BCUT2D eigenvalue weighted by molar-refractivity contribution is 5.98. The van der Waals surface area contributed by atoms with E-state index in [1.54, 1.807) is 43.1 Å². The SMILES string of the molecule is O=C(Nc1cncc(-c2cc3c(-c4nc5c(-c6ccncc6)nccc5[nH]4)n[nH]c3cc2F)c1)C1CCC1. The maximum Gasteiger partial charge on any atom is 0.227 e. The zero-order valence-electron chi connectivity index (χ0n) is 20.1. The number of amides is 1. The van der Waals surface area contributed by atoms with Gasteiger partial charge in [0.2, 0.25) is 5.91 Å². The van der Waals surface area contributed by atoms with E-state index in [0.717, 1.165) is 36.0 Å². The number of anilines is 1. The van der Waals surface area contributed by atoms with Gasteiger partial charge in [0.15, 0.2) is 5.82 Å². The minimum Gasteiger partial charge on any atom is -0.336 e. The predicted molar refractivity (Wildman–Crippen MR) is 141 cm³/mol. The number of nitrogens with zero attached hydrogens (tertiary/aromatic N) is 5. The molecule has 1 aliphatic rings. The molecule has 1 saturated carbocycles. The van der Waals surface area contributed by atoms with Gasteiger partial charge in [-0.3, -0.25) is 24.8 Å². The van der Waals surface area contributed by atoms with Crippen LogP contribution in [0.25, 0.3) is 55.8 Å². The molecule has 1 fully saturated rings. The maximum absolute atomic E-state index is 15.2. The number of halogens is 1. The average Bonchev–Trinajstić information content (AvgIpc) is 3.51. The van der Waals surface area contributed by atoms with Crippen molar-refractivity contribution in [2.24, 2.45) is 5.92 Å². The number of aromatic nitrogens is 7. The lowest BCUT2D eigenvalue weighted by Gasteiger charge is -2.24. The molecule has 9 nitrogen and oxygen atoms in total. The highest BCUT2D eigenvalue weighted by Crippen LogP contribution is 2.34. The average molecular weight is 505 g/mol. The first-order valence-corrected chi connectivity index (χ1v) is 12.3. The predicted octanol–water partition coefficient (Wildman–Crippen LogP) is 5.50. The van der Waals surface area contributed by atoms with Crippen molar-refractivity contribution in [1.29, 1.82) is 0 Å². The number of aromatic amines is 2. The van der Waals surface area contributed by atoms with Gasteiger partial charge in [0.25, 0.3) is 0 Å². The van der Waals surface area contributed by atoms with E-state index in [1.165, 1.54) is 6.07 Å². The monoisotopic (exact) mass is 504 g/mol. The third-order valence-corrected chi connectivity index (χ3v) is 7.02. The van der Waals surface area contributed by atoms with E-state index in [9.17, 15) is 4.79 Å². The van der Waals surface area contributed by atoms with Crippen LogP contribution in [0.5, 0.6) is 0 Å². The molecule has 1 aromatic carbocycles. The minimum absolute atomic E-state index is 0.0197. The molecule has 5 aromatic heterocycles. The molecule has 0 bridgehead atoms. The molecule has 0 unspecified atom stereocenters. The summed E-state index contributed by atoms with van der Waals surface area (Å²) in [6.07, 6.45) is 11.2. The highest BCUT2D eigenvalue weighted by Gasteiger charge is 2.25. The van der Waals surface area contributed by atoms with Gasteiger partial charge in [0, 0.05) is 58.8 Å². The van der Waals surface area contributed by atoms with Crippen molar-refractivity contribution in [2.75, 3.05) is 5.32 Å². The van der Waals surface area contributed by atoms with Gasteiger partial charge < -0.3 is 10.3 Å². The van der Waals surface area contributed by atoms with E-state index >= 15 is 4.39 Å². The number of hydrogen-bond donors (Lipinski definition) is 3. The molecule has 3 N–H and O–H groups in total. The highest BCUT2D eigenvalue weighted by atomic mass is 19.1. The zero-order valence-corrected chi connectivity index (χ0v) is 20.1. The summed E-state index contributed by atoms with van der Waals surface area (Å²) in [5.74, 6) is 0.129. The fourth-order valence-electron chi connectivity index (χ4n) is 4.78. The topological polar surface area (TPSA) is 125 Å². The van der Waals surface area contributed by atoms with E-state index in [-0.39, 0.29) is 11.8 Å². The van der Waals surface area contributed by atoms with Crippen molar-refractivity contribution in [1.82, 2.24) is 35.1 Å². The van der Waals surface area contributed by atoms with Gasteiger partial charge in [-0.05, 0) is 43.2 Å². The summed E-state index contributed by atoms with van der Waals surface area (Å²) in [6.45, 7) is 0. The molecule has 10 heteroatoms. The second kappa shape index (κ2) is 8.84. The van der Waals surface area contributed by atoms with Crippen molar-refractivity contribution in [3.63, 3.8) is 0 Å². The van der Waals surface area contributed by atoms with Crippen LogP contribution in [0.4, 0.5) is 10.1 Å². The molecular weight excluding hydrogens is 483 g/mol. The van der Waals surface area contributed by atoms with E-state index in [4.69, 9.17) is 4.98 Å². The summed E-state index contributed by atoms with van der Waals surface area (Å²) < 4.78 is 15.2. The smallest absolute Gasteiger partial charge is 0.227 e. The number of fused-ring (bicyclic) bond motifs is 2. The molecule has 186 valence electrons. The second-order valence-electron chi connectivity index (χ2n) is 9.41. The van der Waals surface area contributed by atoms with E-state index in [1.807, 2.05) is 18.2 Å². The minimum atomic E-state index is -0.425. The van der Waals surface area contributed by atoms with Crippen LogP contribution in [0.2, 0.25) is 0 Å². The first-order valence-electron chi connectivity index (χ1n) is 12.3. The fraction of sp³-hybridized carbons (Fsp3) is 0.143. The Balaban J connectivity index is 1.29. The zero-order chi connectivity index (χ0) is 25.6. The second-order valence-corrected chi connectivity index (χ2v) is 9.41. The van der Waals surface area contributed by atoms with Gasteiger partial charge in [-0.1, -0.05) is 6.42 Å². The number of carbonyl (C=O) groups is 1. The van der Waals surface area contributed by atoms with Gasteiger partial charge in [-0.25, -0.2) is 9.37 Å². The van der Waals surface area contributed by atoms with Crippen LogP contribution in [-0.4, -0.2) is 41.0 Å². The lowest BCUT2D eigenvalue weighted by molar-refractivity contribution is -0.122. The number of benzene rings is 1. The van der Waals surface area contributed by atoms with Gasteiger partial charge in [-0.2, -0.15) is 5.10 Å². The van der Waals surface area contributed by atoms with Crippen LogP contribution in [0.3, 0.4) is 0 Å². The summed E-state index contributed by atoms with van der Waals surface area (Å²) in [7, 11) is 0. The van der Waals surface area contributed by atoms with Crippen molar-refractivity contribution in [3.05, 3.63) is 73.2 Å². The molecule has 6 aromatic rings. The number of pyridine rings is 3. The molecule has 5 heterocycles. The Bertz CT molecular complexity index is 1820. The van der Waals surface area contributed by atoms with Gasteiger partial charge in [0.1, 0.15) is 17.0 Å². The standard InChI is InChI=1S/C28H21FN8O/c29-21-12-23-20(11-19(21)17-10-18(14-31-13-17)33-28(38)16-2-1-3-16)25(37-36-23)27-34-22-6-9-32-24(26(22)35-27)15-4-7-30-8-5-15/h4-14,16H,1-3H2,(H,33,38)(H,34,35)(H,36,37). The molecule has 1 amide bonds. The maximum atomic E-state index is 15.2. The van der Waals surface area contributed by atoms with Crippen LogP contribution in [-0.2, 0) is 4.79 Å². The van der Waals surface area contributed by atoms with Crippen LogP contribution in [0.15, 0.2) is 67.4 Å². The van der Waals surface area contributed by atoms with Gasteiger partial charge >= 0.3 is 0 Å². The first-order chi connectivity index (χ1) is 18.6. The van der Waals surface area contributed by atoms with E-state index in [2.05, 4.69) is 35.5 Å². The number of nitrogens with one attached hydrogen (secondary N) is 3. The Morgan fingerprint density at radius 1 is 0.947 bits per heavy atom. The summed E-state index contributed by atoms with van der Waals surface area (Å²) in [6, 6.07) is 10.5. The number of carbonyl (C=O) groups excluding carboxylic acids is 1. The molecule has 38 heavy (non-hydrogen) atoms. The Hall–Kier alpha value is -4.99. The fourth-order valence-corrected chi connectivity index (χ4v) is 4.78. The van der Waals surface area contributed by atoms with E-state index < -0.39 is 5.82 Å². The largest absolute Gasteiger partial charge is 0.336 e. The molecule has 0 aliphatic heterocycles. The number of rotatable bonds is 5. The van der Waals surface area contributed by atoms with Crippen LogP contribution in [0.1, 0.15) is 19.3 Å². The van der Waals surface area contributed by atoms with Gasteiger partial charge in [-0.15, -0.1) is 0 Å². The number of H-pyrrole nitrogens is 2. The van der Waals surface area contributed by atoms with Crippen LogP contribution >= 0.6 is 0 Å². The van der Waals surface area contributed by atoms with Crippen molar-refractivity contribution >= 4 is 33.5 Å². The lowest BCUT2D eigenvalue weighted by atomic mass is 9.85. The molecule has 0 spiro atoms. The van der Waals surface area contributed by atoms with Gasteiger partial charge in [0.05, 0.1) is 28.6 Å². The summed E-state index contributed by atoms with van der Waals surface area (Å²) in [4.78, 5) is 33.4. The van der Waals surface area contributed by atoms with Crippen molar-refractivity contribution in [2.45, 2.75) is 19.3 Å². The summed E-state index contributed by atoms with van der Waals surface area (Å²) in [5.41, 5.74) is 5.67. The first kappa shape index (κ1) is 22.2. The Labute approximate surface area is 215 Å². The van der Waals surface area contributed by atoms with Crippen LogP contribution < -0.4 is 5.32 Å². The van der Waals surface area contributed by atoms with Crippen LogP contribution in [0, 0.1) is 11.7 Å².